The molecule has 1 heterocycles. The van der Waals surface area contributed by atoms with Gasteiger partial charge in [0.15, 0.2) is 0 Å². The molecule has 3 aromatic rings. The van der Waals surface area contributed by atoms with Gasteiger partial charge in [0.2, 0.25) is 0 Å². The zero-order chi connectivity index (χ0) is 25.3. The summed E-state index contributed by atoms with van der Waals surface area (Å²) in [5.41, 5.74) is 7.75. The Morgan fingerprint density at radius 2 is 1.57 bits per heavy atom. The maximum atomic E-state index is 10.6. The number of fused-ring (bicyclic) bond motifs is 1. The van der Waals surface area contributed by atoms with Crippen molar-refractivity contribution in [1.82, 2.24) is 15.6 Å². The molecule has 0 fully saturated rings. The van der Waals surface area contributed by atoms with Gasteiger partial charge in [-0.25, -0.2) is 4.79 Å². The van der Waals surface area contributed by atoms with E-state index in [0.29, 0.717) is 6.04 Å². The van der Waals surface area contributed by atoms with E-state index in [4.69, 9.17) is 9.90 Å². The van der Waals surface area contributed by atoms with Crippen LogP contribution >= 0.6 is 0 Å². The molecule has 3 N–H and O–H groups in total. The van der Waals surface area contributed by atoms with Crippen molar-refractivity contribution in [3.05, 3.63) is 89.1 Å². The van der Waals surface area contributed by atoms with Gasteiger partial charge in [-0.05, 0) is 54.1 Å². The average molecular weight is 486 g/mol. The Bertz CT molecular complexity index is 1060. The number of nitrogens with one attached hydrogen (secondary N) is 2. The van der Waals surface area contributed by atoms with Crippen LogP contribution in [0.25, 0.3) is 11.3 Å². The summed E-state index contributed by atoms with van der Waals surface area (Å²) in [5.74, 6) is -2.76. The lowest BCUT2D eigenvalue weighted by atomic mass is 10.1. The summed E-state index contributed by atoms with van der Waals surface area (Å²) in [4.78, 5) is 13.5. The van der Waals surface area contributed by atoms with E-state index >= 15 is 0 Å². The van der Waals surface area contributed by atoms with Crippen LogP contribution < -0.4 is 10.6 Å². The first kappa shape index (κ1) is 26.4. The van der Waals surface area contributed by atoms with Gasteiger partial charge in [0, 0.05) is 30.9 Å². The summed E-state index contributed by atoms with van der Waals surface area (Å²) >= 11 is 0. The smallest absolute Gasteiger partial charge is 0.475 e. The van der Waals surface area contributed by atoms with E-state index in [0.717, 1.165) is 44.6 Å². The lowest BCUT2D eigenvalue weighted by Crippen LogP contribution is -2.28. The largest absolute Gasteiger partial charge is 0.490 e. The molecule has 0 saturated carbocycles. The Labute approximate surface area is 203 Å². The van der Waals surface area contributed by atoms with E-state index in [1.807, 2.05) is 6.20 Å². The van der Waals surface area contributed by atoms with Gasteiger partial charge >= 0.3 is 12.1 Å². The summed E-state index contributed by atoms with van der Waals surface area (Å²) in [5, 5.41) is 14.3. The van der Waals surface area contributed by atoms with Crippen LogP contribution in [0.1, 0.15) is 35.6 Å². The zero-order valence-corrected chi connectivity index (χ0v) is 19.6. The number of nitrogens with zero attached hydrogens (tertiary/aromatic N) is 1. The van der Waals surface area contributed by atoms with Gasteiger partial charge in [-0.2, -0.15) is 13.2 Å². The van der Waals surface area contributed by atoms with Gasteiger partial charge in [0.25, 0.3) is 0 Å². The molecule has 1 aromatic heterocycles. The summed E-state index contributed by atoms with van der Waals surface area (Å²) in [6.45, 7) is 5.02. The molecule has 8 heteroatoms. The number of carboxylic acid groups (broad SMARTS) is 1. The quantitative estimate of drug-likeness (QED) is 0.386. The molecule has 0 unspecified atom stereocenters. The normalized spacial score (nSPS) is 13.1. The van der Waals surface area contributed by atoms with Crippen LogP contribution in [0.15, 0.2) is 66.9 Å². The Morgan fingerprint density at radius 3 is 2.09 bits per heavy atom. The molecule has 0 aliphatic heterocycles. The van der Waals surface area contributed by atoms with Crippen molar-refractivity contribution in [2.75, 3.05) is 6.54 Å². The molecule has 1 aliphatic rings. The van der Waals surface area contributed by atoms with E-state index in [2.05, 4.69) is 83.2 Å². The van der Waals surface area contributed by atoms with Crippen molar-refractivity contribution in [3.8, 4) is 11.3 Å². The highest BCUT2D eigenvalue weighted by molar-refractivity contribution is 5.73. The van der Waals surface area contributed by atoms with Crippen molar-refractivity contribution in [2.24, 2.45) is 0 Å². The fraction of sp³-hybridized carbons (Fsp3) is 0.333. The predicted octanol–water partition coefficient (Wildman–Crippen LogP) is 5.14. The maximum absolute atomic E-state index is 10.6. The average Bonchev–Trinajstić information content (AvgIpc) is 3.27. The molecule has 5 nitrogen and oxygen atoms in total. The van der Waals surface area contributed by atoms with Crippen LogP contribution in [-0.4, -0.2) is 34.8 Å². The minimum atomic E-state index is -5.08. The summed E-state index contributed by atoms with van der Waals surface area (Å²) < 4.78 is 31.7. The highest BCUT2D eigenvalue weighted by Crippen LogP contribution is 2.22. The third-order valence-corrected chi connectivity index (χ3v) is 5.72. The molecule has 35 heavy (non-hydrogen) atoms. The predicted molar refractivity (Wildman–Crippen MR) is 130 cm³/mol. The monoisotopic (exact) mass is 485 g/mol. The molecule has 186 valence electrons. The van der Waals surface area contributed by atoms with Crippen molar-refractivity contribution in [2.45, 2.75) is 51.5 Å². The first-order chi connectivity index (χ1) is 16.8. The molecule has 0 saturated heterocycles. The topological polar surface area (TPSA) is 74.2 Å². The van der Waals surface area contributed by atoms with Gasteiger partial charge in [-0.1, -0.05) is 61.5 Å². The molecule has 1 aliphatic carbocycles. The van der Waals surface area contributed by atoms with Gasteiger partial charge in [0.1, 0.15) is 0 Å². The van der Waals surface area contributed by atoms with Crippen molar-refractivity contribution >= 4 is 5.97 Å². The number of benzene rings is 2. The standard InChI is InChI=1S/C25H29N3.C2HF3O2/c1-2-13-26-16-20-9-12-25(28-18-20)21-10-7-19(8-11-21)17-27-24-14-22-5-3-4-6-23(22)15-24;3-2(4,5)1(6)7/h3-12,18,24,26-27H,2,13-17H2,1H3;(H,6,7). The maximum Gasteiger partial charge on any atom is 0.490 e. The number of halogens is 3. The van der Waals surface area contributed by atoms with Gasteiger partial charge in [-0.15, -0.1) is 0 Å². The summed E-state index contributed by atoms with van der Waals surface area (Å²) in [6.07, 6.45) is 0.320. The Morgan fingerprint density at radius 1 is 0.971 bits per heavy atom. The van der Waals surface area contributed by atoms with Crippen LogP contribution in [0.4, 0.5) is 13.2 Å². The Hall–Kier alpha value is -3.23. The van der Waals surface area contributed by atoms with E-state index in [1.54, 1.807) is 0 Å². The first-order valence-corrected chi connectivity index (χ1v) is 11.6. The van der Waals surface area contributed by atoms with E-state index in [1.165, 1.54) is 27.8 Å². The van der Waals surface area contributed by atoms with Gasteiger partial charge in [0.05, 0.1) is 5.69 Å². The third-order valence-electron chi connectivity index (χ3n) is 5.72. The number of aromatic nitrogens is 1. The second-order valence-electron chi connectivity index (χ2n) is 8.48. The number of hydrogen-bond acceptors (Lipinski definition) is 4. The van der Waals surface area contributed by atoms with Crippen LogP contribution in [0.2, 0.25) is 0 Å². The molecule has 0 amide bonds. The molecule has 4 rings (SSSR count). The molecule has 0 atom stereocenters. The zero-order valence-electron chi connectivity index (χ0n) is 19.6. The second kappa shape index (κ2) is 12.5. The first-order valence-electron chi connectivity index (χ1n) is 11.6. The SMILES string of the molecule is CCCNCc1ccc(-c2ccc(CNC3Cc4ccccc4C3)cc2)nc1.O=C(O)C(F)(F)F. The highest BCUT2D eigenvalue weighted by Gasteiger charge is 2.38. The van der Waals surface area contributed by atoms with Crippen LogP contribution in [0.3, 0.4) is 0 Å². The molecular weight excluding hydrogens is 455 g/mol. The number of pyridine rings is 1. The van der Waals surface area contributed by atoms with Gasteiger partial charge in [-0.3, -0.25) is 4.98 Å². The highest BCUT2D eigenvalue weighted by atomic mass is 19.4. The lowest BCUT2D eigenvalue weighted by molar-refractivity contribution is -0.192. The number of rotatable bonds is 8. The summed E-state index contributed by atoms with van der Waals surface area (Å²) in [6, 6.07) is 22.4. The van der Waals surface area contributed by atoms with Crippen molar-refractivity contribution in [1.29, 1.82) is 0 Å². The van der Waals surface area contributed by atoms with Gasteiger partial charge < -0.3 is 15.7 Å². The fourth-order valence-electron chi connectivity index (χ4n) is 3.87. The van der Waals surface area contributed by atoms with E-state index in [-0.39, 0.29) is 0 Å². The number of alkyl halides is 3. The van der Waals surface area contributed by atoms with Crippen LogP contribution in [-0.2, 0) is 30.7 Å². The fourth-order valence-corrected chi connectivity index (χ4v) is 3.87. The lowest BCUT2D eigenvalue weighted by Gasteiger charge is -2.12. The number of carboxylic acids is 1. The molecular formula is C27H30F3N3O2. The Kier molecular flexibility index (Phi) is 9.39. The number of carbonyl (C=O) groups is 1. The minimum Gasteiger partial charge on any atom is -0.475 e. The Balaban J connectivity index is 0.000000429. The summed E-state index contributed by atoms with van der Waals surface area (Å²) in [7, 11) is 0. The molecule has 0 spiro atoms. The second-order valence-corrected chi connectivity index (χ2v) is 8.48. The van der Waals surface area contributed by atoms with Crippen LogP contribution in [0, 0.1) is 0 Å². The minimum absolute atomic E-state index is 0.549. The van der Waals surface area contributed by atoms with Crippen molar-refractivity contribution < 1.29 is 23.1 Å². The third kappa shape index (κ3) is 8.19. The van der Waals surface area contributed by atoms with Crippen LogP contribution in [0.5, 0.6) is 0 Å². The molecule has 0 bridgehead atoms. The van der Waals surface area contributed by atoms with Crippen molar-refractivity contribution in [3.63, 3.8) is 0 Å². The van der Waals surface area contributed by atoms with E-state index in [9.17, 15) is 13.2 Å². The number of hydrogen-bond donors (Lipinski definition) is 3. The molecule has 2 aromatic carbocycles. The van der Waals surface area contributed by atoms with E-state index < -0.39 is 12.1 Å². The molecule has 0 radical (unpaired) electrons. The number of aliphatic carboxylic acids is 1.